The number of likely N-dealkylation sites (tertiary alicyclic amines) is 1. The summed E-state index contributed by atoms with van der Waals surface area (Å²) in [6.07, 6.45) is 4.51. The number of hydrogen-bond donors (Lipinski definition) is 1. The third-order valence-corrected chi connectivity index (χ3v) is 4.70. The molecule has 0 saturated carbocycles. The maximum absolute atomic E-state index is 11.0. The predicted molar refractivity (Wildman–Crippen MR) is 95.7 cm³/mol. The third-order valence-electron chi connectivity index (χ3n) is 4.70. The molecule has 0 spiro atoms. The van der Waals surface area contributed by atoms with Crippen LogP contribution in [0.4, 0.5) is 0 Å². The van der Waals surface area contributed by atoms with Gasteiger partial charge in [0.1, 0.15) is 12.4 Å². The smallest absolute Gasteiger partial charge is 0.303 e. The second kappa shape index (κ2) is 8.15. The lowest BCUT2D eigenvalue weighted by Gasteiger charge is -2.26. The molecule has 1 heterocycles. The Labute approximate surface area is 143 Å². The molecule has 24 heavy (non-hydrogen) atoms. The second-order valence-electron chi connectivity index (χ2n) is 6.41. The monoisotopic (exact) mass is 327 g/mol. The van der Waals surface area contributed by atoms with Crippen molar-refractivity contribution in [2.45, 2.75) is 32.1 Å². The molecule has 0 aromatic heterocycles. The van der Waals surface area contributed by atoms with E-state index in [1.807, 2.05) is 24.3 Å². The van der Waals surface area contributed by atoms with Gasteiger partial charge in [-0.05, 0) is 49.2 Å². The number of carboxylic acid groups (broad SMARTS) is 1. The van der Waals surface area contributed by atoms with Gasteiger partial charge in [-0.2, -0.15) is 0 Å². The average Bonchev–Trinajstić information content (AvgIpc) is 2.61. The summed E-state index contributed by atoms with van der Waals surface area (Å²) in [6, 6.07) is 12.1. The van der Waals surface area contributed by atoms with E-state index in [4.69, 9.17) is 9.84 Å². The Balaban J connectivity index is 1.72. The zero-order valence-corrected chi connectivity index (χ0v) is 14.0. The molecule has 0 radical (unpaired) electrons. The molecule has 0 bridgehead atoms. The topological polar surface area (TPSA) is 49.8 Å². The van der Waals surface area contributed by atoms with Crippen LogP contribution in [0.1, 0.15) is 31.2 Å². The highest BCUT2D eigenvalue weighted by molar-refractivity contribution is 5.88. The molecule has 2 aromatic rings. The summed E-state index contributed by atoms with van der Waals surface area (Å²) < 4.78 is 6.05. The fourth-order valence-corrected chi connectivity index (χ4v) is 3.41. The number of carbonyl (C=O) groups is 1. The maximum atomic E-state index is 11.0. The van der Waals surface area contributed by atoms with Crippen molar-refractivity contribution in [3.05, 3.63) is 42.0 Å². The van der Waals surface area contributed by atoms with Gasteiger partial charge in [0, 0.05) is 18.5 Å². The molecule has 128 valence electrons. The maximum Gasteiger partial charge on any atom is 0.303 e. The van der Waals surface area contributed by atoms with E-state index in [9.17, 15) is 4.79 Å². The molecule has 1 N–H and O–H groups in total. The minimum Gasteiger partial charge on any atom is -0.492 e. The number of hydrogen-bond acceptors (Lipinski definition) is 3. The van der Waals surface area contributed by atoms with Crippen LogP contribution in [0.25, 0.3) is 10.8 Å². The van der Waals surface area contributed by atoms with Crippen molar-refractivity contribution in [2.24, 2.45) is 0 Å². The summed E-state index contributed by atoms with van der Waals surface area (Å²) in [5.41, 5.74) is 1.01. The van der Waals surface area contributed by atoms with Crippen LogP contribution < -0.4 is 4.74 Å². The van der Waals surface area contributed by atoms with Crippen LogP contribution in [0.3, 0.4) is 0 Å². The van der Waals surface area contributed by atoms with E-state index in [0.717, 1.165) is 41.7 Å². The molecule has 0 aliphatic carbocycles. The van der Waals surface area contributed by atoms with Gasteiger partial charge in [0.25, 0.3) is 0 Å². The number of aliphatic carboxylic acids is 1. The van der Waals surface area contributed by atoms with Crippen molar-refractivity contribution in [2.75, 3.05) is 26.2 Å². The van der Waals surface area contributed by atoms with E-state index >= 15 is 0 Å². The standard InChI is InChI=1S/C20H25NO3/c22-20(23)11-9-18-17-7-3-2-6-16(17)8-10-19(18)24-15-14-21-12-4-1-5-13-21/h2-3,6-8,10H,1,4-5,9,11-15H2,(H,22,23). The quantitative estimate of drug-likeness (QED) is 0.842. The number of carboxylic acids is 1. The highest BCUT2D eigenvalue weighted by Crippen LogP contribution is 2.29. The summed E-state index contributed by atoms with van der Waals surface area (Å²) >= 11 is 0. The van der Waals surface area contributed by atoms with Crippen molar-refractivity contribution in [3.8, 4) is 5.75 Å². The van der Waals surface area contributed by atoms with Gasteiger partial charge in [-0.1, -0.05) is 36.8 Å². The first-order valence-corrected chi connectivity index (χ1v) is 8.81. The van der Waals surface area contributed by atoms with Gasteiger partial charge in [0.05, 0.1) is 0 Å². The second-order valence-corrected chi connectivity index (χ2v) is 6.41. The van der Waals surface area contributed by atoms with Crippen molar-refractivity contribution in [1.82, 2.24) is 4.90 Å². The Kier molecular flexibility index (Phi) is 5.70. The Hall–Kier alpha value is -2.07. The molecular formula is C20H25NO3. The van der Waals surface area contributed by atoms with E-state index in [-0.39, 0.29) is 6.42 Å². The van der Waals surface area contributed by atoms with Gasteiger partial charge in [0.15, 0.2) is 0 Å². The summed E-state index contributed by atoms with van der Waals surface area (Å²) in [5.74, 6) is 0.0501. The lowest BCUT2D eigenvalue weighted by atomic mass is 10.00. The predicted octanol–water partition coefficient (Wildman–Crippen LogP) is 3.72. The summed E-state index contributed by atoms with van der Waals surface area (Å²) in [6.45, 7) is 3.91. The Bertz CT molecular complexity index is 692. The number of piperidine rings is 1. The number of ether oxygens (including phenoxy) is 1. The fourth-order valence-electron chi connectivity index (χ4n) is 3.41. The summed E-state index contributed by atoms with van der Waals surface area (Å²) in [5, 5.41) is 11.3. The van der Waals surface area contributed by atoms with Crippen LogP contribution in [0, 0.1) is 0 Å². The zero-order valence-electron chi connectivity index (χ0n) is 14.0. The Morgan fingerprint density at radius 1 is 1.08 bits per heavy atom. The number of benzene rings is 2. The van der Waals surface area contributed by atoms with Gasteiger partial charge in [0.2, 0.25) is 0 Å². The molecule has 1 aliphatic rings. The van der Waals surface area contributed by atoms with E-state index in [1.54, 1.807) is 0 Å². The van der Waals surface area contributed by atoms with E-state index in [1.165, 1.54) is 19.3 Å². The first-order chi connectivity index (χ1) is 11.7. The first-order valence-electron chi connectivity index (χ1n) is 8.81. The SMILES string of the molecule is O=C(O)CCc1c(OCCN2CCCCC2)ccc2ccccc12. The summed E-state index contributed by atoms with van der Waals surface area (Å²) in [4.78, 5) is 13.4. The molecule has 0 unspecified atom stereocenters. The molecule has 4 nitrogen and oxygen atoms in total. The van der Waals surface area contributed by atoms with Crippen LogP contribution in [0.5, 0.6) is 5.75 Å². The molecule has 1 aliphatic heterocycles. The largest absolute Gasteiger partial charge is 0.492 e. The Morgan fingerprint density at radius 3 is 2.67 bits per heavy atom. The van der Waals surface area contributed by atoms with Crippen LogP contribution >= 0.6 is 0 Å². The highest BCUT2D eigenvalue weighted by Gasteiger charge is 2.13. The molecule has 1 fully saturated rings. The van der Waals surface area contributed by atoms with Crippen molar-refractivity contribution in [1.29, 1.82) is 0 Å². The van der Waals surface area contributed by atoms with Crippen molar-refractivity contribution < 1.29 is 14.6 Å². The number of fused-ring (bicyclic) bond motifs is 1. The third kappa shape index (κ3) is 4.26. The van der Waals surface area contributed by atoms with Crippen LogP contribution in [-0.4, -0.2) is 42.2 Å². The van der Waals surface area contributed by atoms with Crippen molar-refractivity contribution in [3.63, 3.8) is 0 Å². The highest BCUT2D eigenvalue weighted by atomic mass is 16.5. The van der Waals surface area contributed by atoms with Crippen molar-refractivity contribution >= 4 is 16.7 Å². The molecule has 0 amide bonds. The zero-order chi connectivity index (χ0) is 16.8. The lowest BCUT2D eigenvalue weighted by molar-refractivity contribution is -0.136. The average molecular weight is 327 g/mol. The minimum absolute atomic E-state index is 0.122. The molecule has 3 rings (SSSR count). The van der Waals surface area contributed by atoms with E-state index in [2.05, 4.69) is 17.0 Å². The minimum atomic E-state index is -0.776. The van der Waals surface area contributed by atoms with Gasteiger partial charge < -0.3 is 9.84 Å². The molecule has 2 aromatic carbocycles. The molecule has 1 saturated heterocycles. The van der Waals surface area contributed by atoms with Gasteiger partial charge in [-0.25, -0.2) is 0 Å². The number of rotatable bonds is 7. The first kappa shape index (κ1) is 16.8. The Morgan fingerprint density at radius 2 is 1.88 bits per heavy atom. The van der Waals surface area contributed by atoms with Gasteiger partial charge in [-0.3, -0.25) is 9.69 Å². The molecule has 4 heteroatoms. The van der Waals surface area contributed by atoms with Gasteiger partial charge in [-0.15, -0.1) is 0 Å². The number of nitrogens with zero attached hydrogens (tertiary/aromatic N) is 1. The summed E-state index contributed by atoms with van der Waals surface area (Å²) in [7, 11) is 0. The van der Waals surface area contributed by atoms with E-state index in [0.29, 0.717) is 13.0 Å². The molecular weight excluding hydrogens is 302 g/mol. The number of aryl methyl sites for hydroxylation is 1. The van der Waals surface area contributed by atoms with Gasteiger partial charge >= 0.3 is 5.97 Å². The van der Waals surface area contributed by atoms with E-state index < -0.39 is 5.97 Å². The van der Waals surface area contributed by atoms with Crippen LogP contribution in [0.15, 0.2) is 36.4 Å². The normalized spacial score (nSPS) is 15.5. The fraction of sp³-hybridized carbons (Fsp3) is 0.450. The van der Waals surface area contributed by atoms with Crippen LogP contribution in [-0.2, 0) is 11.2 Å². The lowest BCUT2D eigenvalue weighted by Crippen LogP contribution is -2.33. The van der Waals surface area contributed by atoms with Crippen LogP contribution in [0.2, 0.25) is 0 Å². The molecule has 0 atom stereocenters.